The lowest BCUT2D eigenvalue weighted by molar-refractivity contribution is 0.00578. The van der Waals surface area contributed by atoms with Crippen molar-refractivity contribution in [2.45, 2.75) is 156 Å². The smallest absolute Gasteiger partial charge is 0.399 e. The number of hydrogen-bond acceptors (Lipinski definition) is 8. The van der Waals surface area contributed by atoms with Crippen molar-refractivity contribution in [2.75, 3.05) is 0 Å². The van der Waals surface area contributed by atoms with Gasteiger partial charge in [-0.25, -0.2) is 0 Å². The van der Waals surface area contributed by atoms with Gasteiger partial charge < -0.3 is 37.2 Å². The maximum Gasteiger partial charge on any atom is 0.495 e. The molecule has 0 aromatic heterocycles. The van der Waals surface area contributed by atoms with Crippen LogP contribution in [-0.2, 0) is 37.2 Å². The zero-order chi connectivity index (χ0) is 42.5. The average molecular weight is 786 g/mol. The first-order valence-electron chi connectivity index (χ1n) is 20.8. The Morgan fingerprint density at radius 1 is 0.259 bits per heavy atom. The van der Waals surface area contributed by atoms with Crippen LogP contribution in [0.1, 0.15) is 133 Å². The Balaban J connectivity index is 1.47. The normalized spacial score (nSPS) is 25.5. The lowest BCUT2D eigenvalue weighted by atomic mass is 9.59. The predicted molar refractivity (Wildman–Crippen MR) is 237 cm³/mol. The maximum absolute atomic E-state index is 6.88. The van der Waals surface area contributed by atoms with Crippen molar-refractivity contribution in [3.8, 4) is 0 Å². The summed E-state index contributed by atoms with van der Waals surface area (Å²) >= 11 is 0. The van der Waals surface area contributed by atoms with Gasteiger partial charge in [0.25, 0.3) is 0 Å². The molecule has 0 radical (unpaired) electrons. The summed E-state index contributed by atoms with van der Waals surface area (Å²) in [6, 6.07) is 29.1. The van der Waals surface area contributed by atoms with Crippen LogP contribution in [0.2, 0.25) is 0 Å². The van der Waals surface area contributed by atoms with Crippen LogP contribution in [0.25, 0.3) is 21.9 Å². The summed E-state index contributed by atoms with van der Waals surface area (Å²) < 4.78 is 54.8. The van der Waals surface area contributed by atoms with Gasteiger partial charge in [-0.1, -0.05) is 84.9 Å². The molecule has 0 aliphatic carbocycles. The summed E-state index contributed by atoms with van der Waals surface area (Å²) in [6.07, 6.45) is 0. The SMILES string of the molecule is CC1(C)OB(/C(=C(\B2OC(C)(C)C(C)(C)O2)c2ccc(/C(B3OC(C)(C)C(C)(C)O3)=C(/B3OC(C)(C)C(C)(C)O3)c3ccccc3)cc2)c2ccccc2)OC1(C)C. The maximum atomic E-state index is 6.88. The van der Waals surface area contributed by atoms with E-state index in [4.69, 9.17) is 37.2 Å². The van der Waals surface area contributed by atoms with Crippen molar-refractivity contribution in [3.63, 3.8) is 0 Å². The van der Waals surface area contributed by atoms with Crippen LogP contribution in [0.4, 0.5) is 0 Å². The number of hydrogen-bond donors (Lipinski definition) is 0. The van der Waals surface area contributed by atoms with E-state index in [1.165, 1.54) is 0 Å². The molecule has 0 bridgehead atoms. The Morgan fingerprint density at radius 3 is 0.586 bits per heavy atom. The topological polar surface area (TPSA) is 73.8 Å². The Bertz CT molecular complexity index is 1860. The molecule has 4 saturated heterocycles. The summed E-state index contributed by atoms with van der Waals surface area (Å²) in [5, 5.41) is 0. The highest BCUT2D eigenvalue weighted by Gasteiger charge is 2.59. The molecule has 12 heteroatoms. The van der Waals surface area contributed by atoms with Crippen molar-refractivity contribution < 1.29 is 37.2 Å². The highest BCUT2D eigenvalue weighted by molar-refractivity contribution is 6.83. The van der Waals surface area contributed by atoms with E-state index < -0.39 is 73.3 Å². The third-order valence-electron chi connectivity index (χ3n) is 14.2. The number of rotatable bonds is 8. The quantitative estimate of drug-likeness (QED) is 0.165. The molecular formula is C46H62B4O8. The molecule has 0 amide bonds. The fourth-order valence-electron chi connectivity index (χ4n) is 7.58. The highest BCUT2D eigenvalue weighted by Crippen LogP contribution is 2.49. The Labute approximate surface area is 349 Å². The van der Waals surface area contributed by atoms with Gasteiger partial charge in [0.15, 0.2) is 0 Å². The van der Waals surface area contributed by atoms with Gasteiger partial charge in [0, 0.05) is 0 Å². The minimum absolute atomic E-state index is 0.577. The van der Waals surface area contributed by atoms with Crippen molar-refractivity contribution in [1.29, 1.82) is 0 Å². The standard InChI is InChI=1S/C46H62B4O8/c1-39(2)40(3,4)52-47(51-39)35(31-23-19-17-20-24-31)37(49-55-43(9,10)44(11,12)56-49)33-27-29-34(30-28-33)38(50-57-45(13,14)46(15,16)58-50)36(32-25-21-18-22-26-32)48-53-41(5,6)42(7,8)54-48/h17-30H,1-16H3/b37-35-,38-36-. The second kappa shape index (κ2) is 14.3. The minimum atomic E-state index is -0.729. The molecule has 0 saturated carbocycles. The first kappa shape index (κ1) is 43.2. The molecule has 306 valence electrons. The van der Waals surface area contributed by atoms with E-state index in [1.54, 1.807) is 0 Å². The fourth-order valence-corrected chi connectivity index (χ4v) is 7.58. The van der Waals surface area contributed by atoms with Gasteiger partial charge in [0.05, 0.1) is 44.8 Å². The van der Waals surface area contributed by atoms with E-state index in [0.29, 0.717) is 0 Å². The van der Waals surface area contributed by atoms with Crippen molar-refractivity contribution in [3.05, 3.63) is 107 Å². The van der Waals surface area contributed by atoms with E-state index in [2.05, 4.69) is 159 Å². The summed E-state index contributed by atoms with van der Waals surface area (Å²) in [4.78, 5) is 0. The van der Waals surface area contributed by atoms with Crippen molar-refractivity contribution >= 4 is 50.4 Å². The molecule has 4 aliphatic rings. The van der Waals surface area contributed by atoms with Crippen LogP contribution < -0.4 is 0 Å². The van der Waals surface area contributed by atoms with Gasteiger partial charge in [-0.15, -0.1) is 0 Å². The predicted octanol–water partition coefficient (Wildman–Crippen LogP) is 10.0. The lowest BCUT2D eigenvalue weighted by Crippen LogP contribution is -2.41. The summed E-state index contributed by atoms with van der Waals surface area (Å²) in [6.45, 7) is 33.2. The molecule has 4 heterocycles. The summed E-state index contributed by atoms with van der Waals surface area (Å²) in [5.74, 6) is 0. The van der Waals surface area contributed by atoms with E-state index in [1.807, 2.05) is 36.4 Å². The fraction of sp³-hybridized carbons (Fsp3) is 0.522. The molecule has 58 heavy (non-hydrogen) atoms. The molecule has 8 nitrogen and oxygen atoms in total. The van der Waals surface area contributed by atoms with Gasteiger partial charge in [0.1, 0.15) is 0 Å². The third kappa shape index (κ3) is 7.44. The Hall–Kier alpha value is -2.92. The van der Waals surface area contributed by atoms with E-state index in [-0.39, 0.29) is 0 Å². The van der Waals surface area contributed by atoms with Gasteiger partial charge >= 0.3 is 28.5 Å². The van der Waals surface area contributed by atoms with E-state index in [9.17, 15) is 0 Å². The monoisotopic (exact) mass is 786 g/mol. The highest BCUT2D eigenvalue weighted by atomic mass is 16.7. The largest absolute Gasteiger partial charge is 0.495 e. The van der Waals surface area contributed by atoms with Crippen LogP contribution in [0.3, 0.4) is 0 Å². The van der Waals surface area contributed by atoms with Gasteiger partial charge in [-0.3, -0.25) is 0 Å². The molecule has 0 N–H and O–H groups in total. The Morgan fingerprint density at radius 2 is 0.414 bits per heavy atom. The summed E-state index contributed by atoms with van der Waals surface area (Å²) in [5.41, 5.74) is 2.42. The van der Waals surface area contributed by atoms with Crippen LogP contribution in [0.5, 0.6) is 0 Å². The summed E-state index contributed by atoms with van der Waals surface area (Å²) in [7, 11) is -2.86. The second-order valence-corrected chi connectivity index (χ2v) is 20.3. The van der Waals surface area contributed by atoms with Crippen LogP contribution in [0, 0.1) is 0 Å². The molecule has 3 aromatic carbocycles. The molecule has 4 aliphatic heterocycles. The lowest BCUT2D eigenvalue weighted by Gasteiger charge is -2.32. The second-order valence-electron chi connectivity index (χ2n) is 20.3. The molecule has 4 fully saturated rings. The van der Waals surface area contributed by atoms with Crippen LogP contribution in [0.15, 0.2) is 84.9 Å². The van der Waals surface area contributed by atoms with E-state index in [0.717, 1.165) is 44.1 Å². The molecular weight excluding hydrogens is 724 g/mol. The van der Waals surface area contributed by atoms with Crippen molar-refractivity contribution in [1.82, 2.24) is 0 Å². The zero-order valence-electron chi connectivity index (χ0n) is 37.7. The number of benzene rings is 3. The van der Waals surface area contributed by atoms with Crippen molar-refractivity contribution in [2.24, 2.45) is 0 Å². The third-order valence-corrected chi connectivity index (χ3v) is 14.2. The van der Waals surface area contributed by atoms with Gasteiger partial charge in [-0.2, -0.15) is 0 Å². The van der Waals surface area contributed by atoms with E-state index >= 15 is 0 Å². The van der Waals surface area contributed by atoms with Gasteiger partial charge in [-0.05, 0) is 155 Å². The Kier molecular flexibility index (Phi) is 10.7. The molecule has 0 atom stereocenters. The first-order chi connectivity index (χ1) is 26.7. The average Bonchev–Trinajstić information content (AvgIpc) is 3.66. The van der Waals surface area contributed by atoms with Crippen LogP contribution in [-0.4, -0.2) is 73.3 Å². The molecule has 7 rings (SSSR count). The zero-order valence-corrected chi connectivity index (χ0v) is 37.7. The molecule has 0 unspecified atom stereocenters. The van der Waals surface area contributed by atoms with Crippen LogP contribution >= 0.6 is 0 Å². The first-order valence-corrected chi connectivity index (χ1v) is 20.8. The van der Waals surface area contributed by atoms with Gasteiger partial charge in [0.2, 0.25) is 0 Å². The molecule has 0 spiro atoms. The minimum Gasteiger partial charge on any atom is -0.399 e. The molecule has 3 aromatic rings.